The molecular formula is C23H24N4O4. The Kier molecular flexibility index (Phi) is 5.70. The highest BCUT2D eigenvalue weighted by atomic mass is 16.3. The summed E-state index contributed by atoms with van der Waals surface area (Å²) in [7, 11) is 0. The Morgan fingerprint density at radius 2 is 1.94 bits per heavy atom. The number of benzene rings is 1. The average molecular weight is 420 g/mol. The van der Waals surface area contributed by atoms with Gasteiger partial charge in [-0.1, -0.05) is 32.0 Å². The molecule has 0 aliphatic heterocycles. The highest BCUT2D eigenvalue weighted by molar-refractivity contribution is 6.05. The van der Waals surface area contributed by atoms with Crippen molar-refractivity contribution < 1.29 is 14.0 Å². The van der Waals surface area contributed by atoms with Crippen LogP contribution in [-0.2, 0) is 11.3 Å². The fraction of sp³-hybridized carbons (Fsp3) is 0.304. The van der Waals surface area contributed by atoms with Crippen molar-refractivity contribution in [1.82, 2.24) is 20.6 Å². The minimum atomic E-state index is -0.606. The number of furan rings is 1. The number of carbonyl (C=O) groups excluding carboxylic acids is 2. The molecule has 0 radical (unpaired) electrons. The molecule has 1 aromatic carbocycles. The van der Waals surface area contributed by atoms with Crippen LogP contribution in [0.4, 0.5) is 0 Å². The van der Waals surface area contributed by atoms with E-state index in [0.29, 0.717) is 41.3 Å². The second-order valence-corrected chi connectivity index (χ2v) is 7.76. The van der Waals surface area contributed by atoms with Gasteiger partial charge in [-0.05, 0) is 43.0 Å². The summed E-state index contributed by atoms with van der Waals surface area (Å²) in [5.41, 5.74) is 4.51. The zero-order valence-corrected chi connectivity index (χ0v) is 17.4. The number of amides is 2. The molecule has 0 saturated heterocycles. The molecule has 0 bridgehead atoms. The number of hydrazine groups is 1. The van der Waals surface area contributed by atoms with Crippen molar-refractivity contribution in [2.45, 2.75) is 39.2 Å². The number of nitrogens with zero attached hydrogens (tertiary/aromatic N) is 2. The van der Waals surface area contributed by atoms with E-state index in [9.17, 15) is 14.4 Å². The molecule has 2 atom stereocenters. The molecule has 8 nitrogen and oxygen atoms in total. The molecule has 160 valence electrons. The molecule has 1 aliphatic carbocycles. The molecule has 2 amide bonds. The molecule has 3 aromatic rings. The van der Waals surface area contributed by atoms with Crippen molar-refractivity contribution in [3.8, 4) is 0 Å². The molecule has 1 saturated carbocycles. The normalized spacial score (nSPS) is 17.7. The number of fused-ring (bicyclic) bond motifs is 1. The third-order valence-corrected chi connectivity index (χ3v) is 5.34. The van der Waals surface area contributed by atoms with Gasteiger partial charge in [-0.15, -0.1) is 0 Å². The fourth-order valence-electron chi connectivity index (χ4n) is 3.52. The lowest BCUT2D eigenvalue weighted by Gasteiger charge is -2.10. The second kappa shape index (κ2) is 8.59. The van der Waals surface area contributed by atoms with Crippen molar-refractivity contribution in [2.24, 2.45) is 5.92 Å². The minimum absolute atomic E-state index is 0.0714. The van der Waals surface area contributed by atoms with Gasteiger partial charge >= 0.3 is 0 Å². The fourth-order valence-corrected chi connectivity index (χ4v) is 3.52. The number of aryl methyl sites for hydroxylation is 1. The Balaban J connectivity index is 1.44. The van der Waals surface area contributed by atoms with E-state index in [1.54, 1.807) is 30.3 Å². The van der Waals surface area contributed by atoms with Crippen LogP contribution in [0.25, 0.3) is 16.8 Å². The maximum atomic E-state index is 12.7. The first-order chi connectivity index (χ1) is 15.0. The summed E-state index contributed by atoms with van der Waals surface area (Å²) in [6.45, 7) is 4.48. The molecule has 8 heteroatoms. The Hall–Kier alpha value is -3.68. The first-order valence-corrected chi connectivity index (χ1v) is 10.4. The van der Waals surface area contributed by atoms with Crippen LogP contribution < -0.4 is 16.4 Å². The van der Waals surface area contributed by atoms with E-state index in [4.69, 9.17) is 4.42 Å². The lowest BCUT2D eigenvalue weighted by molar-refractivity contribution is -0.117. The lowest BCUT2D eigenvalue weighted by atomic mass is 10.1. The summed E-state index contributed by atoms with van der Waals surface area (Å²) in [4.78, 5) is 37.3. The summed E-state index contributed by atoms with van der Waals surface area (Å²) in [5.74, 6) is 1.49. The van der Waals surface area contributed by atoms with Crippen molar-refractivity contribution in [2.75, 3.05) is 0 Å². The summed E-state index contributed by atoms with van der Waals surface area (Å²) < 4.78 is 6.99. The van der Waals surface area contributed by atoms with Crippen LogP contribution in [0, 0.1) is 5.92 Å². The molecule has 2 unspecified atom stereocenters. The van der Waals surface area contributed by atoms with E-state index in [-0.39, 0.29) is 11.3 Å². The molecule has 1 fully saturated rings. The Morgan fingerprint density at radius 1 is 1.19 bits per heavy atom. The van der Waals surface area contributed by atoms with Gasteiger partial charge in [0, 0.05) is 23.9 Å². The van der Waals surface area contributed by atoms with Gasteiger partial charge in [0.25, 0.3) is 17.4 Å². The first kappa shape index (κ1) is 20.6. The van der Waals surface area contributed by atoms with Crippen LogP contribution in [-0.4, -0.2) is 21.6 Å². The maximum absolute atomic E-state index is 12.7. The molecule has 2 N–H and O–H groups in total. The summed E-state index contributed by atoms with van der Waals surface area (Å²) in [6.07, 6.45) is 4.65. The lowest BCUT2D eigenvalue weighted by Crippen LogP contribution is -2.42. The van der Waals surface area contributed by atoms with Gasteiger partial charge < -0.3 is 4.42 Å². The van der Waals surface area contributed by atoms with E-state index in [1.165, 1.54) is 10.8 Å². The topological polar surface area (TPSA) is 106 Å². The number of hydrogen-bond donors (Lipinski definition) is 2. The van der Waals surface area contributed by atoms with Crippen LogP contribution in [0.15, 0.2) is 51.7 Å². The number of carbonyl (C=O) groups is 2. The van der Waals surface area contributed by atoms with E-state index in [2.05, 4.69) is 22.9 Å². The van der Waals surface area contributed by atoms with Crippen molar-refractivity contribution in [3.05, 3.63) is 70.0 Å². The highest BCUT2D eigenvalue weighted by Crippen LogP contribution is 2.47. The predicted octanol–water partition coefficient (Wildman–Crippen LogP) is 3.00. The van der Waals surface area contributed by atoms with Crippen molar-refractivity contribution in [3.63, 3.8) is 0 Å². The van der Waals surface area contributed by atoms with Crippen LogP contribution in [0.1, 0.15) is 54.6 Å². The number of nitrogens with one attached hydrogen (secondary N) is 2. The molecule has 2 aromatic heterocycles. The zero-order valence-electron chi connectivity index (χ0n) is 17.4. The molecule has 31 heavy (non-hydrogen) atoms. The minimum Gasteiger partial charge on any atom is -0.461 e. The maximum Gasteiger partial charge on any atom is 0.290 e. The third-order valence-electron chi connectivity index (χ3n) is 5.34. The van der Waals surface area contributed by atoms with Gasteiger partial charge in [0.15, 0.2) is 5.69 Å². The monoisotopic (exact) mass is 420 g/mol. The number of hydrogen-bond acceptors (Lipinski definition) is 5. The quantitative estimate of drug-likeness (QED) is 0.471. The van der Waals surface area contributed by atoms with Gasteiger partial charge in [-0.2, -0.15) is 5.10 Å². The molecule has 0 spiro atoms. The second-order valence-electron chi connectivity index (χ2n) is 7.76. The van der Waals surface area contributed by atoms with Crippen LogP contribution in [0.3, 0.4) is 0 Å². The van der Waals surface area contributed by atoms with Crippen molar-refractivity contribution in [1.29, 1.82) is 0 Å². The molecular weight excluding hydrogens is 396 g/mol. The van der Waals surface area contributed by atoms with Crippen LogP contribution in [0.5, 0.6) is 0 Å². The summed E-state index contributed by atoms with van der Waals surface area (Å²) in [6, 6.07) is 10.5. The Morgan fingerprint density at radius 3 is 2.65 bits per heavy atom. The predicted molar refractivity (Wildman–Crippen MR) is 116 cm³/mol. The van der Waals surface area contributed by atoms with E-state index >= 15 is 0 Å². The van der Waals surface area contributed by atoms with Gasteiger partial charge in [-0.3, -0.25) is 25.2 Å². The smallest absolute Gasteiger partial charge is 0.290 e. The van der Waals surface area contributed by atoms with E-state index < -0.39 is 11.8 Å². The molecule has 4 rings (SSSR count). The van der Waals surface area contributed by atoms with Gasteiger partial charge in [0.2, 0.25) is 0 Å². The zero-order chi connectivity index (χ0) is 22.0. The van der Waals surface area contributed by atoms with Gasteiger partial charge in [0.05, 0.1) is 5.39 Å². The van der Waals surface area contributed by atoms with E-state index in [0.717, 1.165) is 12.2 Å². The van der Waals surface area contributed by atoms with Crippen LogP contribution in [0.2, 0.25) is 0 Å². The Labute approximate surface area is 178 Å². The standard InChI is InChI=1S/C23H24N4O4/c1-3-12-27-23(30)17-7-5-4-6-16(17)21(26-27)22(29)25-24-20(28)11-9-15-8-10-19(31-15)18-13-14(18)2/h4-11,14,18H,3,12-13H2,1-2H3,(H,24,28)(H,25,29)/b11-9+. The summed E-state index contributed by atoms with van der Waals surface area (Å²) >= 11 is 0. The number of aromatic nitrogens is 2. The van der Waals surface area contributed by atoms with E-state index in [1.807, 2.05) is 19.1 Å². The summed E-state index contributed by atoms with van der Waals surface area (Å²) in [5, 5.41) is 5.03. The third kappa shape index (κ3) is 4.42. The van der Waals surface area contributed by atoms with Gasteiger partial charge in [-0.25, -0.2) is 4.68 Å². The largest absolute Gasteiger partial charge is 0.461 e. The molecule has 2 heterocycles. The SMILES string of the molecule is CCCn1nc(C(=O)NNC(=O)/C=C/c2ccc(C3CC3C)o2)c2ccccc2c1=O. The van der Waals surface area contributed by atoms with Crippen LogP contribution >= 0.6 is 0 Å². The highest BCUT2D eigenvalue weighted by Gasteiger charge is 2.36. The van der Waals surface area contributed by atoms with Gasteiger partial charge in [0.1, 0.15) is 11.5 Å². The Bertz CT molecular complexity index is 1220. The average Bonchev–Trinajstić information content (AvgIpc) is 3.31. The first-order valence-electron chi connectivity index (χ1n) is 10.4. The van der Waals surface area contributed by atoms with Crippen molar-refractivity contribution >= 4 is 28.7 Å². The number of rotatable bonds is 6. The molecule has 1 aliphatic rings.